The van der Waals surface area contributed by atoms with Crippen LogP contribution in [0.25, 0.3) is 0 Å². The van der Waals surface area contributed by atoms with Crippen LogP contribution in [-0.4, -0.2) is 5.33 Å². The van der Waals surface area contributed by atoms with Crippen LogP contribution in [0, 0.1) is 16.2 Å². The van der Waals surface area contributed by atoms with Crippen molar-refractivity contribution in [2.45, 2.75) is 74.1 Å². The summed E-state index contributed by atoms with van der Waals surface area (Å²) < 4.78 is 0. The summed E-state index contributed by atoms with van der Waals surface area (Å²) in [7, 11) is 0. The lowest BCUT2D eigenvalue weighted by Crippen LogP contribution is -2.38. The smallest absolute Gasteiger partial charge is 0.00315 e. The van der Waals surface area contributed by atoms with E-state index >= 15 is 0 Å². The third kappa shape index (κ3) is 4.77. The summed E-state index contributed by atoms with van der Waals surface area (Å²) >= 11 is 3.56. The molecular formula is C15H31Br. The summed E-state index contributed by atoms with van der Waals surface area (Å²) in [5.41, 5.74) is 1.31. The zero-order valence-corrected chi connectivity index (χ0v) is 14.0. The highest BCUT2D eigenvalue weighted by Gasteiger charge is 2.40. The standard InChI is InChI=1S/C15H31Br/c1-8-15(7,10-9-11-16)14(5,6)12-13(2,3)4/h8-12H2,1-7H3. The van der Waals surface area contributed by atoms with E-state index in [2.05, 4.69) is 64.4 Å². The van der Waals surface area contributed by atoms with Crippen LogP contribution in [-0.2, 0) is 0 Å². The van der Waals surface area contributed by atoms with Crippen molar-refractivity contribution in [2.75, 3.05) is 5.33 Å². The van der Waals surface area contributed by atoms with E-state index in [-0.39, 0.29) is 0 Å². The number of halogens is 1. The van der Waals surface area contributed by atoms with E-state index in [9.17, 15) is 0 Å². The van der Waals surface area contributed by atoms with Gasteiger partial charge in [-0.05, 0) is 35.5 Å². The molecule has 0 radical (unpaired) electrons. The van der Waals surface area contributed by atoms with Gasteiger partial charge in [0.1, 0.15) is 0 Å². The molecule has 0 heterocycles. The van der Waals surface area contributed by atoms with Crippen LogP contribution in [0.2, 0.25) is 0 Å². The lowest BCUT2D eigenvalue weighted by Gasteiger charge is -2.47. The Kier molecular flexibility index (Phi) is 6.06. The van der Waals surface area contributed by atoms with Gasteiger partial charge in [-0.1, -0.05) is 70.8 Å². The van der Waals surface area contributed by atoms with Crippen LogP contribution in [0.1, 0.15) is 74.1 Å². The van der Waals surface area contributed by atoms with Gasteiger partial charge < -0.3 is 0 Å². The summed E-state index contributed by atoms with van der Waals surface area (Å²) in [5, 5.41) is 1.13. The fraction of sp³-hybridized carbons (Fsp3) is 1.00. The summed E-state index contributed by atoms with van der Waals surface area (Å²) in [5.74, 6) is 0. The average molecular weight is 291 g/mol. The lowest BCUT2D eigenvalue weighted by atomic mass is 9.58. The van der Waals surface area contributed by atoms with E-state index in [1.165, 1.54) is 25.7 Å². The van der Waals surface area contributed by atoms with Crippen molar-refractivity contribution in [3.63, 3.8) is 0 Å². The number of hydrogen-bond acceptors (Lipinski definition) is 0. The maximum atomic E-state index is 3.56. The molecule has 0 aromatic rings. The van der Waals surface area contributed by atoms with E-state index in [0.717, 1.165) is 5.33 Å². The van der Waals surface area contributed by atoms with Gasteiger partial charge in [-0.3, -0.25) is 0 Å². The molecule has 0 aliphatic rings. The molecule has 0 bridgehead atoms. The second-order valence-corrected chi connectivity index (χ2v) is 8.12. The van der Waals surface area contributed by atoms with Crippen LogP contribution >= 0.6 is 15.9 Å². The zero-order chi connectivity index (χ0) is 13.0. The molecule has 0 aliphatic heterocycles. The Balaban J connectivity index is 4.76. The SMILES string of the molecule is CCC(C)(CCCBr)C(C)(C)CC(C)(C)C. The summed E-state index contributed by atoms with van der Waals surface area (Å²) in [4.78, 5) is 0. The monoisotopic (exact) mass is 290 g/mol. The van der Waals surface area contributed by atoms with Crippen molar-refractivity contribution in [3.05, 3.63) is 0 Å². The molecule has 0 aromatic carbocycles. The molecule has 1 heteroatoms. The fourth-order valence-corrected chi connectivity index (χ4v) is 3.27. The highest BCUT2D eigenvalue weighted by molar-refractivity contribution is 9.09. The first-order chi connectivity index (χ1) is 7.08. The minimum absolute atomic E-state index is 0.419. The van der Waals surface area contributed by atoms with Gasteiger partial charge >= 0.3 is 0 Å². The Hall–Kier alpha value is 0.480. The molecule has 1 unspecified atom stereocenters. The second kappa shape index (κ2) is 5.89. The van der Waals surface area contributed by atoms with E-state index in [4.69, 9.17) is 0 Å². The molecule has 0 N–H and O–H groups in total. The van der Waals surface area contributed by atoms with Crippen molar-refractivity contribution < 1.29 is 0 Å². The van der Waals surface area contributed by atoms with Crippen molar-refractivity contribution >= 4 is 15.9 Å². The van der Waals surface area contributed by atoms with Gasteiger partial charge in [0.2, 0.25) is 0 Å². The van der Waals surface area contributed by atoms with Gasteiger partial charge in [-0.25, -0.2) is 0 Å². The van der Waals surface area contributed by atoms with E-state index < -0.39 is 0 Å². The third-order valence-electron chi connectivity index (χ3n) is 4.25. The van der Waals surface area contributed by atoms with Gasteiger partial charge in [0.05, 0.1) is 0 Å². The zero-order valence-electron chi connectivity index (χ0n) is 12.4. The van der Waals surface area contributed by atoms with Crippen molar-refractivity contribution in [1.82, 2.24) is 0 Å². The maximum absolute atomic E-state index is 3.56. The highest BCUT2D eigenvalue weighted by Crippen LogP contribution is 2.51. The molecular weight excluding hydrogens is 260 g/mol. The Morgan fingerprint density at radius 1 is 0.938 bits per heavy atom. The quantitative estimate of drug-likeness (QED) is 0.523. The molecule has 0 saturated carbocycles. The Morgan fingerprint density at radius 3 is 1.75 bits per heavy atom. The Morgan fingerprint density at radius 2 is 1.44 bits per heavy atom. The van der Waals surface area contributed by atoms with Crippen LogP contribution in [0.5, 0.6) is 0 Å². The molecule has 1 atom stereocenters. The predicted molar refractivity (Wildman–Crippen MR) is 79.3 cm³/mol. The van der Waals surface area contributed by atoms with Gasteiger partial charge in [-0.15, -0.1) is 0 Å². The van der Waals surface area contributed by atoms with E-state index in [1.807, 2.05) is 0 Å². The molecule has 0 aliphatic carbocycles. The summed E-state index contributed by atoms with van der Waals surface area (Å²) in [6, 6.07) is 0. The normalized spacial score (nSPS) is 17.2. The van der Waals surface area contributed by atoms with Crippen LogP contribution in [0.4, 0.5) is 0 Å². The lowest BCUT2D eigenvalue weighted by molar-refractivity contribution is 0.0303. The number of hydrogen-bond donors (Lipinski definition) is 0. The largest absolute Gasteiger partial charge is 0.0928 e. The first kappa shape index (κ1) is 16.5. The molecule has 0 fully saturated rings. The van der Waals surface area contributed by atoms with Gasteiger partial charge in [0, 0.05) is 5.33 Å². The average Bonchev–Trinajstić information content (AvgIpc) is 2.10. The third-order valence-corrected chi connectivity index (χ3v) is 4.81. The topological polar surface area (TPSA) is 0 Å². The van der Waals surface area contributed by atoms with E-state index in [0.29, 0.717) is 16.2 Å². The minimum Gasteiger partial charge on any atom is -0.0928 e. The number of alkyl halides is 1. The van der Waals surface area contributed by atoms with Crippen LogP contribution < -0.4 is 0 Å². The maximum Gasteiger partial charge on any atom is 0.00315 e. The molecule has 0 spiro atoms. The molecule has 0 aromatic heterocycles. The fourth-order valence-electron chi connectivity index (χ4n) is 2.99. The minimum atomic E-state index is 0.419. The molecule has 0 saturated heterocycles. The van der Waals surface area contributed by atoms with Crippen molar-refractivity contribution in [2.24, 2.45) is 16.2 Å². The molecule has 0 amide bonds. The Labute approximate surface area is 112 Å². The van der Waals surface area contributed by atoms with Crippen molar-refractivity contribution in [3.8, 4) is 0 Å². The first-order valence-electron chi connectivity index (χ1n) is 6.64. The predicted octanol–water partition coefficient (Wildman–Crippen LogP) is 6.04. The first-order valence-corrected chi connectivity index (χ1v) is 7.76. The van der Waals surface area contributed by atoms with Crippen LogP contribution in [0.15, 0.2) is 0 Å². The molecule has 16 heavy (non-hydrogen) atoms. The summed E-state index contributed by atoms with van der Waals surface area (Å²) in [6.07, 6.45) is 5.20. The van der Waals surface area contributed by atoms with Crippen molar-refractivity contribution in [1.29, 1.82) is 0 Å². The van der Waals surface area contributed by atoms with Gasteiger partial charge in [0.25, 0.3) is 0 Å². The number of rotatable bonds is 6. The van der Waals surface area contributed by atoms with Gasteiger partial charge in [0.15, 0.2) is 0 Å². The molecule has 0 nitrogen and oxygen atoms in total. The van der Waals surface area contributed by atoms with Crippen LogP contribution in [0.3, 0.4) is 0 Å². The van der Waals surface area contributed by atoms with E-state index in [1.54, 1.807) is 0 Å². The Bertz CT molecular complexity index is 200. The molecule has 0 rings (SSSR count). The van der Waals surface area contributed by atoms with Gasteiger partial charge in [-0.2, -0.15) is 0 Å². The molecule has 98 valence electrons. The highest BCUT2D eigenvalue weighted by atomic mass is 79.9. The second-order valence-electron chi connectivity index (χ2n) is 7.33. The summed E-state index contributed by atoms with van der Waals surface area (Å²) in [6.45, 7) is 16.8.